The minimum Gasteiger partial charge on any atom is -0.505 e. The highest BCUT2D eigenvalue weighted by Crippen LogP contribution is 2.34. The van der Waals surface area contributed by atoms with E-state index in [1.807, 2.05) is 30.5 Å². The zero-order valence-electron chi connectivity index (χ0n) is 16.0. The van der Waals surface area contributed by atoms with E-state index in [0.29, 0.717) is 11.3 Å². The first-order valence-electron chi connectivity index (χ1n) is 9.92. The number of anilines is 1. The Labute approximate surface area is 173 Å². The normalized spacial score (nSPS) is 16.2. The quantitative estimate of drug-likeness (QED) is 0.550. The lowest BCUT2D eigenvalue weighted by molar-refractivity contribution is -0.925. The third-order valence-electron chi connectivity index (χ3n) is 5.71. The average Bonchev–Trinajstić information content (AvgIpc) is 3.31. The Kier molecular flexibility index (Phi) is 4.87. The van der Waals surface area contributed by atoms with Gasteiger partial charge in [0.15, 0.2) is 11.8 Å². The predicted octanol–water partition coefficient (Wildman–Crippen LogP) is 2.89. The molecule has 0 aliphatic carbocycles. The van der Waals surface area contributed by atoms with E-state index in [4.69, 9.17) is 0 Å². The third kappa shape index (κ3) is 3.45. The summed E-state index contributed by atoms with van der Waals surface area (Å²) in [6, 6.07) is 18.5. The van der Waals surface area contributed by atoms with Gasteiger partial charge in [-0.3, -0.25) is 4.98 Å². The molecule has 3 aromatic heterocycles. The van der Waals surface area contributed by atoms with Gasteiger partial charge in [-0.15, -0.1) is 11.3 Å². The molecule has 1 aliphatic rings. The van der Waals surface area contributed by atoms with Crippen LogP contribution in [-0.2, 0) is 0 Å². The number of aromatic hydroxyl groups is 1. The molecular weight excluding hydrogens is 380 g/mol. The number of thiophene rings is 1. The van der Waals surface area contributed by atoms with Crippen LogP contribution in [0, 0.1) is 0 Å². The number of phenols is 1. The minimum absolute atomic E-state index is 0.104. The SMILES string of the molecule is Oc1c(C(c2cccs2)[NH+]2CCN(c3ccccn3)CC2)ccc2cccnc12. The maximum Gasteiger partial charge on any atom is 0.152 e. The fourth-order valence-electron chi connectivity index (χ4n) is 4.26. The molecule has 0 amide bonds. The molecule has 4 aromatic rings. The second-order valence-corrected chi connectivity index (χ2v) is 8.34. The lowest BCUT2D eigenvalue weighted by Gasteiger charge is -2.37. The van der Waals surface area contributed by atoms with Gasteiger partial charge in [-0.2, -0.15) is 0 Å². The molecule has 1 aliphatic heterocycles. The van der Waals surface area contributed by atoms with Crippen molar-refractivity contribution in [2.45, 2.75) is 6.04 Å². The van der Waals surface area contributed by atoms with Gasteiger partial charge < -0.3 is 14.9 Å². The number of nitrogens with one attached hydrogen (secondary N) is 1. The topological polar surface area (TPSA) is 53.7 Å². The van der Waals surface area contributed by atoms with E-state index in [2.05, 4.69) is 50.6 Å². The van der Waals surface area contributed by atoms with Crippen molar-refractivity contribution >= 4 is 28.1 Å². The van der Waals surface area contributed by atoms with Gasteiger partial charge in [0.2, 0.25) is 0 Å². The fraction of sp³-hybridized carbons (Fsp3) is 0.217. The Hall–Kier alpha value is -2.96. The van der Waals surface area contributed by atoms with Crippen molar-refractivity contribution in [3.63, 3.8) is 0 Å². The summed E-state index contributed by atoms with van der Waals surface area (Å²) in [6.07, 6.45) is 3.59. The molecule has 0 spiro atoms. The average molecular weight is 404 g/mol. The maximum atomic E-state index is 11.1. The molecule has 29 heavy (non-hydrogen) atoms. The number of hydrogen-bond acceptors (Lipinski definition) is 5. The van der Waals surface area contributed by atoms with Gasteiger partial charge in [0.25, 0.3) is 0 Å². The van der Waals surface area contributed by atoms with Crippen molar-refractivity contribution in [1.82, 2.24) is 9.97 Å². The van der Waals surface area contributed by atoms with E-state index in [1.54, 1.807) is 17.5 Å². The Morgan fingerprint density at radius 3 is 2.55 bits per heavy atom. The third-order valence-corrected chi connectivity index (χ3v) is 6.64. The summed E-state index contributed by atoms with van der Waals surface area (Å²) in [7, 11) is 0. The number of rotatable bonds is 4. The van der Waals surface area contributed by atoms with Crippen LogP contribution < -0.4 is 9.80 Å². The molecule has 1 fully saturated rings. The number of phenolic OH excluding ortho intramolecular Hbond substituents is 1. The van der Waals surface area contributed by atoms with Crippen molar-refractivity contribution in [2.24, 2.45) is 0 Å². The van der Waals surface area contributed by atoms with Gasteiger partial charge in [-0.05, 0) is 35.7 Å². The largest absolute Gasteiger partial charge is 0.505 e. The Morgan fingerprint density at radius 1 is 0.931 bits per heavy atom. The second-order valence-electron chi connectivity index (χ2n) is 7.36. The smallest absolute Gasteiger partial charge is 0.152 e. The summed E-state index contributed by atoms with van der Waals surface area (Å²) in [4.78, 5) is 14.0. The van der Waals surface area contributed by atoms with Crippen LogP contribution in [0.25, 0.3) is 10.9 Å². The highest BCUT2D eigenvalue weighted by Gasteiger charge is 2.33. The Morgan fingerprint density at radius 2 is 1.79 bits per heavy atom. The standard InChI is InChI=1S/C23H22N4OS/c28-23-18(9-8-17-5-3-11-25-21(17)23)22(19-6-4-16-29-19)27-14-12-26(13-15-27)20-7-1-2-10-24-20/h1-11,16,22,28H,12-15H2/p+1. The number of fused-ring (bicyclic) bond motifs is 1. The van der Waals surface area contributed by atoms with E-state index in [9.17, 15) is 5.11 Å². The van der Waals surface area contributed by atoms with Crippen LogP contribution in [0.2, 0.25) is 0 Å². The molecular formula is C23H23N4OS+. The number of piperazine rings is 1. The van der Waals surface area contributed by atoms with E-state index in [0.717, 1.165) is 42.9 Å². The lowest BCUT2D eigenvalue weighted by Crippen LogP contribution is -3.15. The van der Waals surface area contributed by atoms with Crippen LogP contribution in [0.15, 0.2) is 72.4 Å². The Bertz CT molecular complexity index is 1090. The number of quaternary nitrogens is 1. The van der Waals surface area contributed by atoms with Gasteiger partial charge in [0.1, 0.15) is 11.3 Å². The van der Waals surface area contributed by atoms with Crippen LogP contribution in [0.4, 0.5) is 5.82 Å². The van der Waals surface area contributed by atoms with Crippen molar-refractivity contribution < 1.29 is 10.0 Å². The van der Waals surface area contributed by atoms with Crippen LogP contribution >= 0.6 is 11.3 Å². The highest BCUT2D eigenvalue weighted by atomic mass is 32.1. The summed E-state index contributed by atoms with van der Waals surface area (Å²) in [5.74, 6) is 1.35. The molecule has 6 heteroatoms. The van der Waals surface area contributed by atoms with E-state index >= 15 is 0 Å². The molecule has 1 aromatic carbocycles. The number of nitrogens with zero attached hydrogens (tertiary/aromatic N) is 3. The first-order chi connectivity index (χ1) is 14.3. The summed E-state index contributed by atoms with van der Waals surface area (Å²) in [5.41, 5.74) is 1.64. The first-order valence-corrected chi connectivity index (χ1v) is 10.8. The summed E-state index contributed by atoms with van der Waals surface area (Å²) in [5, 5.41) is 14.2. The second kappa shape index (κ2) is 7.81. The van der Waals surface area contributed by atoms with Gasteiger partial charge in [0, 0.05) is 17.8 Å². The number of aromatic nitrogens is 2. The molecule has 1 unspecified atom stereocenters. The number of hydrogen-bond donors (Lipinski definition) is 2. The van der Waals surface area contributed by atoms with E-state index in [1.165, 1.54) is 9.78 Å². The molecule has 5 nitrogen and oxygen atoms in total. The molecule has 1 atom stereocenters. The molecule has 0 bridgehead atoms. The number of benzene rings is 1. The van der Waals surface area contributed by atoms with Crippen molar-refractivity contribution in [3.05, 3.63) is 82.8 Å². The van der Waals surface area contributed by atoms with Crippen molar-refractivity contribution in [1.29, 1.82) is 0 Å². The highest BCUT2D eigenvalue weighted by molar-refractivity contribution is 7.10. The van der Waals surface area contributed by atoms with Crippen LogP contribution in [0.3, 0.4) is 0 Å². The zero-order chi connectivity index (χ0) is 19.6. The number of pyridine rings is 2. The minimum atomic E-state index is 0.104. The summed E-state index contributed by atoms with van der Waals surface area (Å²) < 4.78 is 0. The molecule has 2 N–H and O–H groups in total. The maximum absolute atomic E-state index is 11.1. The summed E-state index contributed by atoms with van der Waals surface area (Å²) in [6.45, 7) is 3.86. The molecule has 4 heterocycles. The molecule has 5 rings (SSSR count). The monoisotopic (exact) mass is 403 g/mol. The Balaban J connectivity index is 1.47. The van der Waals surface area contributed by atoms with Crippen LogP contribution in [0.5, 0.6) is 5.75 Å². The van der Waals surface area contributed by atoms with Crippen LogP contribution in [-0.4, -0.2) is 41.3 Å². The van der Waals surface area contributed by atoms with E-state index < -0.39 is 0 Å². The fourth-order valence-corrected chi connectivity index (χ4v) is 5.16. The van der Waals surface area contributed by atoms with E-state index in [-0.39, 0.29) is 6.04 Å². The molecule has 1 saturated heterocycles. The van der Waals surface area contributed by atoms with Crippen molar-refractivity contribution in [3.8, 4) is 5.75 Å². The molecule has 146 valence electrons. The predicted molar refractivity (Wildman–Crippen MR) is 117 cm³/mol. The van der Waals surface area contributed by atoms with Gasteiger partial charge in [0.05, 0.1) is 36.6 Å². The zero-order valence-corrected chi connectivity index (χ0v) is 16.8. The molecule has 0 radical (unpaired) electrons. The van der Waals surface area contributed by atoms with Gasteiger partial charge in [-0.1, -0.05) is 24.3 Å². The van der Waals surface area contributed by atoms with Crippen molar-refractivity contribution in [2.75, 3.05) is 31.1 Å². The molecule has 0 saturated carbocycles. The summed E-state index contributed by atoms with van der Waals surface area (Å²) >= 11 is 1.75. The first kappa shape index (κ1) is 18.1. The lowest BCUT2D eigenvalue weighted by atomic mass is 9.99. The van der Waals surface area contributed by atoms with Crippen LogP contribution in [0.1, 0.15) is 16.5 Å². The van der Waals surface area contributed by atoms with Gasteiger partial charge in [-0.25, -0.2) is 4.98 Å². The van der Waals surface area contributed by atoms with Gasteiger partial charge >= 0.3 is 0 Å².